The van der Waals surface area contributed by atoms with Crippen LogP contribution in [0.2, 0.25) is 0 Å². The summed E-state index contributed by atoms with van der Waals surface area (Å²) < 4.78 is 30.9. The number of amides is 3. The normalized spacial score (nSPS) is 28.8. The van der Waals surface area contributed by atoms with E-state index in [2.05, 4.69) is 10.6 Å². The lowest BCUT2D eigenvalue weighted by molar-refractivity contribution is -0.130. The number of urea groups is 1. The molecule has 0 aromatic carbocycles. The maximum absolute atomic E-state index is 12.9. The third-order valence-electron chi connectivity index (χ3n) is 5.64. The van der Waals surface area contributed by atoms with Crippen LogP contribution in [0.5, 0.6) is 0 Å². The Morgan fingerprint density at radius 2 is 1.93 bits per heavy atom. The molecule has 9 nitrogen and oxygen atoms in total. The molecule has 0 bridgehead atoms. The summed E-state index contributed by atoms with van der Waals surface area (Å²) in [7, 11) is -2.06. The standard InChI is InChI=1S/C17H30N4O5S/c1-26-9-4-7-21-16(22)15-11-14(12-20(15)8-10-27(21,24)25)19-17(23)18-13-5-2-3-6-13/h13-15H,2-12H2,1H3,(H2,18,19,23)/t14-,15-/m0/s1. The summed E-state index contributed by atoms with van der Waals surface area (Å²) in [5.74, 6) is -0.465. The van der Waals surface area contributed by atoms with Gasteiger partial charge in [0.25, 0.3) is 5.91 Å². The Bertz CT molecular complexity index is 650. The topological polar surface area (TPSA) is 108 Å². The maximum Gasteiger partial charge on any atom is 0.315 e. The molecule has 2 aliphatic heterocycles. The molecular formula is C17H30N4O5S. The lowest BCUT2D eigenvalue weighted by Crippen LogP contribution is -2.47. The summed E-state index contributed by atoms with van der Waals surface area (Å²) in [5, 5.41) is 5.95. The first kappa shape index (κ1) is 20.3. The lowest BCUT2D eigenvalue weighted by Gasteiger charge is -2.23. The molecule has 154 valence electrons. The van der Waals surface area contributed by atoms with Gasteiger partial charge >= 0.3 is 6.03 Å². The zero-order chi connectivity index (χ0) is 19.4. The molecule has 3 rings (SSSR count). The minimum atomic E-state index is -3.60. The van der Waals surface area contributed by atoms with E-state index in [-0.39, 0.29) is 36.3 Å². The third kappa shape index (κ3) is 4.91. The fraction of sp³-hybridized carbons (Fsp3) is 0.882. The summed E-state index contributed by atoms with van der Waals surface area (Å²) in [6.45, 7) is 1.34. The summed E-state index contributed by atoms with van der Waals surface area (Å²) in [6, 6.07) is -0.606. The first-order chi connectivity index (χ1) is 12.9. The average molecular weight is 403 g/mol. The molecule has 2 N–H and O–H groups in total. The molecule has 2 atom stereocenters. The number of nitrogens with zero attached hydrogens (tertiary/aromatic N) is 2. The van der Waals surface area contributed by atoms with Crippen molar-refractivity contribution in [3.05, 3.63) is 0 Å². The van der Waals surface area contributed by atoms with E-state index >= 15 is 0 Å². The van der Waals surface area contributed by atoms with Crippen molar-refractivity contribution in [3.63, 3.8) is 0 Å². The van der Waals surface area contributed by atoms with Crippen LogP contribution in [0.15, 0.2) is 0 Å². The van der Waals surface area contributed by atoms with Crippen LogP contribution in [0.1, 0.15) is 38.5 Å². The van der Waals surface area contributed by atoms with Crippen molar-refractivity contribution in [2.45, 2.75) is 56.7 Å². The molecule has 0 aromatic heterocycles. The SMILES string of the molecule is COCCCN1C(=O)[C@@H]2C[C@H](NC(=O)NC3CCCC3)CN2CCS1(=O)=O. The van der Waals surface area contributed by atoms with E-state index in [1.54, 1.807) is 7.11 Å². The van der Waals surface area contributed by atoms with Gasteiger partial charge in [-0.2, -0.15) is 0 Å². The summed E-state index contributed by atoms with van der Waals surface area (Å²) in [6.07, 6.45) is 5.23. The molecule has 1 saturated carbocycles. The van der Waals surface area contributed by atoms with Gasteiger partial charge in [0.1, 0.15) is 0 Å². The van der Waals surface area contributed by atoms with Crippen LogP contribution in [0.3, 0.4) is 0 Å². The minimum Gasteiger partial charge on any atom is -0.385 e. The molecule has 3 amide bonds. The van der Waals surface area contributed by atoms with Gasteiger partial charge in [0.05, 0.1) is 11.8 Å². The number of hydrogen-bond acceptors (Lipinski definition) is 6. The summed E-state index contributed by atoms with van der Waals surface area (Å²) in [4.78, 5) is 27.0. The van der Waals surface area contributed by atoms with Gasteiger partial charge in [0.15, 0.2) is 0 Å². The van der Waals surface area contributed by atoms with E-state index < -0.39 is 16.1 Å². The zero-order valence-corrected chi connectivity index (χ0v) is 16.7. The lowest BCUT2D eigenvalue weighted by atomic mass is 10.1. The molecule has 3 fully saturated rings. The van der Waals surface area contributed by atoms with Gasteiger partial charge in [-0.05, 0) is 25.7 Å². The molecule has 27 heavy (non-hydrogen) atoms. The first-order valence-electron chi connectivity index (χ1n) is 9.75. The maximum atomic E-state index is 12.9. The smallest absolute Gasteiger partial charge is 0.315 e. The highest BCUT2D eigenvalue weighted by Crippen LogP contribution is 2.25. The molecule has 2 heterocycles. The summed E-state index contributed by atoms with van der Waals surface area (Å²) in [5.41, 5.74) is 0. The number of fused-ring (bicyclic) bond motifs is 1. The van der Waals surface area contributed by atoms with E-state index in [4.69, 9.17) is 4.74 Å². The Balaban J connectivity index is 1.59. The van der Waals surface area contributed by atoms with E-state index in [1.807, 2.05) is 4.90 Å². The highest BCUT2D eigenvalue weighted by atomic mass is 32.2. The van der Waals surface area contributed by atoms with Crippen LogP contribution in [0.4, 0.5) is 4.79 Å². The number of hydrogen-bond donors (Lipinski definition) is 2. The Morgan fingerprint density at radius 1 is 1.22 bits per heavy atom. The van der Waals surface area contributed by atoms with E-state index in [0.717, 1.165) is 30.0 Å². The molecule has 0 spiro atoms. The highest BCUT2D eigenvalue weighted by Gasteiger charge is 2.45. The number of rotatable bonds is 6. The van der Waals surface area contributed by atoms with E-state index in [9.17, 15) is 18.0 Å². The second-order valence-corrected chi connectivity index (χ2v) is 9.63. The number of nitrogens with one attached hydrogen (secondary N) is 2. The van der Waals surface area contributed by atoms with E-state index in [1.165, 1.54) is 0 Å². The van der Waals surface area contributed by atoms with Crippen molar-refractivity contribution in [2.24, 2.45) is 0 Å². The van der Waals surface area contributed by atoms with Crippen LogP contribution in [-0.4, -0.2) is 86.8 Å². The second kappa shape index (κ2) is 8.74. The molecule has 1 aliphatic carbocycles. The number of ether oxygens (including phenoxy) is 1. The molecule has 2 saturated heterocycles. The molecule has 0 aromatic rings. The van der Waals surface area contributed by atoms with Gasteiger partial charge in [-0.15, -0.1) is 0 Å². The predicted molar refractivity (Wildman–Crippen MR) is 99.7 cm³/mol. The summed E-state index contributed by atoms with van der Waals surface area (Å²) >= 11 is 0. The molecule has 3 aliphatic rings. The zero-order valence-electron chi connectivity index (χ0n) is 15.9. The largest absolute Gasteiger partial charge is 0.385 e. The van der Waals surface area contributed by atoms with Crippen molar-refractivity contribution >= 4 is 22.0 Å². The molecule has 0 unspecified atom stereocenters. The van der Waals surface area contributed by atoms with Gasteiger partial charge in [-0.25, -0.2) is 17.5 Å². The third-order valence-corrected chi connectivity index (χ3v) is 7.37. The Hall–Kier alpha value is -1.39. The monoisotopic (exact) mass is 402 g/mol. The van der Waals surface area contributed by atoms with Crippen LogP contribution >= 0.6 is 0 Å². The number of sulfonamides is 1. The van der Waals surface area contributed by atoms with Gasteiger partial charge < -0.3 is 15.4 Å². The number of carbonyl (C=O) groups is 2. The van der Waals surface area contributed by atoms with Crippen molar-refractivity contribution < 1.29 is 22.7 Å². The van der Waals surface area contributed by atoms with Crippen molar-refractivity contribution in [3.8, 4) is 0 Å². The van der Waals surface area contributed by atoms with Crippen molar-refractivity contribution in [2.75, 3.05) is 39.1 Å². The second-order valence-electron chi connectivity index (χ2n) is 7.62. The quantitative estimate of drug-likeness (QED) is 0.600. The molecule has 10 heteroatoms. The molecule has 0 radical (unpaired) electrons. The van der Waals surface area contributed by atoms with Gasteiger partial charge in [-0.1, -0.05) is 12.8 Å². The van der Waals surface area contributed by atoms with Crippen LogP contribution in [-0.2, 0) is 19.6 Å². The predicted octanol–water partition coefficient (Wildman–Crippen LogP) is -0.120. The molecular weight excluding hydrogens is 372 g/mol. The number of methoxy groups -OCH3 is 1. The Kier molecular flexibility index (Phi) is 6.59. The van der Waals surface area contributed by atoms with Crippen LogP contribution in [0.25, 0.3) is 0 Å². The van der Waals surface area contributed by atoms with Crippen LogP contribution < -0.4 is 10.6 Å². The van der Waals surface area contributed by atoms with Gasteiger partial charge in [0, 0.05) is 45.4 Å². The van der Waals surface area contributed by atoms with Crippen molar-refractivity contribution in [1.29, 1.82) is 0 Å². The Labute approximate surface area is 160 Å². The number of carbonyl (C=O) groups excluding carboxylic acids is 2. The fourth-order valence-electron chi connectivity index (χ4n) is 4.24. The minimum absolute atomic E-state index is 0.0801. The Morgan fingerprint density at radius 3 is 2.63 bits per heavy atom. The first-order valence-corrected chi connectivity index (χ1v) is 11.4. The van der Waals surface area contributed by atoms with Gasteiger partial charge in [-0.3, -0.25) is 9.69 Å². The highest BCUT2D eigenvalue weighted by molar-refractivity contribution is 7.89. The van der Waals surface area contributed by atoms with Gasteiger partial charge in [0.2, 0.25) is 10.0 Å². The average Bonchev–Trinajstić information content (AvgIpc) is 3.24. The fourth-order valence-corrected chi connectivity index (χ4v) is 5.73. The van der Waals surface area contributed by atoms with Crippen molar-refractivity contribution in [1.82, 2.24) is 19.8 Å². The van der Waals surface area contributed by atoms with Crippen LogP contribution in [0, 0.1) is 0 Å². The van der Waals surface area contributed by atoms with E-state index in [0.29, 0.717) is 32.5 Å².